The van der Waals surface area contributed by atoms with Gasteiger partial charge in [0.1, 0.15) is 0 Å². The van der Waals surface area contributed by atoms with E-state index in [-0.39, 0.29) is 12.5 Å². The third kappa shape index (κ3) is 1.68. The van der Waals surface area contributed by atoms with Crippen molar-refractivity contribution in [3.8, 4) is 0 Å². The number of hydrogen-bond acceptors (Lipinski definition) is 4. The molecule has 2 heterocycles. The van der Waals surface area contributed by atoms with Crippen molar-refractivity contribution in [2.24, 2.45) is 5.92 Å². The Bertz CT molecular complexity index is 337. The summed E-state index contributed by atoms with van der Waals surface area (Å²) in [6.07, 6.45) is 1.77. The molecular weight excluding hydrogens is 194 g/mol. The highest BCUT2D eigenvalue weighted by Crippen LogP contribution is 2.19. The van der Waals surface area contributed by atoms with E-state index in [4.69, 9.17) is 4.55 Å². The van der Waals surface area contributed by atoms with Gasteiger partial charge in [0.15, 0.2) is 0 Å². The van der Waals surface area contributed by atoms with Crippen LogP contribution in [0.5, 0.6) is 0 Å². The summed E-state index contributed by atoms with van der Waals surface area (Å²) in [5, 5.41) is 0. The molecular formula is C6H11N3O3S. The largest absolute Gasteiger partial charge is 0.336 e. The number of nitrogens with one attached hydrogen (secondary N) is 2. The summed E-state index contributed by atoms with van der Waals surface area (Å²) in [7, 11) is -4.03. The van der Waals surface area contributed by atoms with E-state index in [0.29, 0.717) is 13.1 Å². The first-order valence-electron chi connectivity index (χ1n) is 3.99. The van der Waals surface area contributed by atoms with Crippen LogP contribution in [-0.2, 0) is 10.3 Å². The van der Waals surface area contributed by atoms with Crippen molar-refractivity contribution in [2.45, 2.75) is 0 Å². The highest BCUT2D eigenvalue weighted by atomic mass is 32.2. The average Bonchev–Trinajstić information content (AvgIpc) is 2.47. The van der Waals surface area contributed by atoms with Gasteiger partial charge in [-0.05, 0) is 6.08 Å². The third-order valence-corrected chi connectivity index (χ3v) is 3.24. The lowest BCUT2D eigenvalue weighted by Gasteiger charge is -2.25. The molecule has 0 bridgehead atoms. The van der Waals surface area contributed by atoms with E-state index in [1.165, 1.54) is 0 Å². The molecule has 2 aliphatic heterocycles. The zero-order valence-corrected chi connectivity index (χ0v) is 7.71. The van der Waals surface area contributed by atoms with Gasteiger partial charge in [-0.1, -0.05) is 0 Å². The molecule has 0 spiro atoms. The lowest BCUT2D eigenvalue weighted by Crippen LogP contribution is -2.39. The predicted molar refractivity (Wildman–Crippen MR) is 45.8 cm³/mol. The fraction of sp³-hybridized carbons (Fsp3) is 0.667. The third-order valence-electron chi connectivity index (χ3n) is 2.29. The number of hydrogen-bond donors (Lipinski definition) is 3. The highest BCUT2D eigenvalue weighted by molar-refractivity contribution is 7.83. The van der Waals surface area contributed by atoms with Gasteiger partial charge in [-0.3, -0.25) is 4.55 Å². The van der Waals surface area contributed by atoms with Crippen molar-refractivity contribution in [3.05, 3.63) is 11.8 Å². The van der Waals surface area contributed by atoms with Crippen molar-refractivity contribution >= 4 is 10.3 Å². The van der Waals surface area contributed by atoms with Crippen LogP contribution in [0.3, 0.4) is 0 Å². The number of hydrazine groups is 1. The van der Waals surface area contributed by atoms with Crippen LogP contribution in [0, 0.1) is 5.92 Å². The molecule has 13 heavy (non-hydrogen) atoms. The molecule has 1 fully saturated rings. The fourth-order valence-corrected chi connectivity index (χ4v) is 2.21. The van der Waals surface area contributed by atoms with Crippen LogP contribution in [-0.4, -0.2) is 36.9 Å². The van der Waals surface area contributed by atoms with Crippen LogP contribution in [0.2, 0.25) is 0 Å². The van der Waals surface area contributed by atoms with Gasteiger partial charge in [0, 0.05) is 31.2 Å². The van der Waals surface area contributed by atoms with E-state index in [0.717, 1.165) is 10.0 Å². The Kier molecular flexibility index (Phi) is 2.03. The molecule has 3 N–H and O–H groups in total. The Balaban J connectivity index is 2.17. The number of nitrogens with zero attached hydrogens (tertiary/aromatic N) is 1. The van der Waals surface area contributed by atoms with Gasteiger partial charge in [-0.25, -0.2) is 5.43 Å². The quantitative estimate of drug-likeness (QED) is 0.464. The second kappa shape index (κ2) is 2.95. The van der Waals surface area contributed by atoms with Crippen LogP contribution in [0.15, 0.2) is 11.8 Å². The molecule has 1 saturated heterocycles. The van der Waals surface area contributed by atoms with Gasteiger partial charge in [0.05, 0.1) is 0 Å². The monoisotopic (exact) mass is 205 g/mol. The van der Waals surface area contributed by atoms with E-state index >= 15 is 0 Å². The maximum atomic E-state index is 10.8. The van der Waals surface area contributed by atoms with Crippen molar-refractivity contribution in [3.63, 3.8) is 0 Å². The Morgan fingerprint density at radius 2 is 2.38 bits per heavy atom. The van der Waals surface area contributed by atoms with Gasteiger partial charge in [0.25, 0.3) is 0 Å². The summed E-state index contributed by atoms with van der Waals surface area (Å²) in [5.41, 5.74) is 6.87. The molecule has 2 rings (SSSR count). The van der Waals surface area contributed by atoms with E-state index < -0.39 is 10.3 Å². The standard InChI is InChI=1S/C6H11N3O3S/c10-13(11,12)9-2-1-6-5(4-9)3-7-8-6/h1,5,7-8H,2-4H2,(H,10,11,12). The van der Waals surface area contributed by atoms with Crippen LogP contribution in [0.4, 0.5) is 0 Å². The molecule has 7 heteroatoms. The summed E-state index contributed by atoms with van der Waals surface area (Å²) >= 11 is 0. The van der Waals surface area contributed by atoms with E-state index in [9.17, 15) is 8.42 Å². The minimum Gasteiger partial charge on any atom is -0.325 e. The fourth-order valence-electron chi connectivity index (χ4n) is 1.58. The molecule has 0 amide bonds. The van der Waals surface area contributed by atoms with E-state index in [1.807, 2.05) is 0 Å². The molecule has 0 aromatic carbocycles. The lowest BCUT2D eigenvalue weighted by molar-refractivity contribution is 0.335. The Hall–Kier alpha value is -0.630. The second-order valence-corrected chi connectivity index (χ2v) is 4.57. The molecule has 0 radical (unpaired) electrons. The summed E-state index contributed by atoms with van der Waals surface area (Å²) < 4.78 is 31.4. The molecule has 74 valence electrons. The maximum absolute atomic E-state index is 10.8. The van der Waals surface area contributed by atoms with E-state index in [1.54, 1.807) is 6.08 Å². The Morgan fingerprint density at radius 1 is 1.62 bits per heavy atom. The van der Waals surface area contributed by atoms with Gasteiger partial charge >= 0.3 is 10.3 Å². The first-order chi connectivity index (χ1) is 6.07. The van der Waals surface area contributed by atoms with Crippen LogP contribution < -0.4 is 10.9 Å². The van der Waals surface area contributed by atoms with Crippen molar-refractivity contribution in [1.82, 2.24) is 15.2 Å². The molecule has 6 nitrogen and oxygen atoms in total. The van der Waals surface area contributed by atoms with Crippen molar-refractivity contribution < 1.29 is 13.0 Å². The first-order valence-corrected chi connectivity index (χ1v) is 5.38. The Morgan fingerprint density at radius 3 is 3.08 bits per heavy atom. The summed E-state index contributed by atoms with van der Waals surface area (Å²) in [4.78, 5) is 0. The van der Waals surface area contributed by atoms with Crippen molar-refractivity contribution in [2.75, 3.05) is 19.6 Å². The van der Waals surface area contributed by atoms with Crippen LogP contribution in [0.1, 0.15) is 0 Å². The van der Waals surface area contributed by atoms with Crippen LogP contribution >= 0.6 is 0 Å². The SMILES string of the molecule is O=S(=O)(O)N1CC=C2NNCC2C1. The zero-order chi connectivity index (χ0) is 9.47. The second-order valence-electron chi connectivity index (χ2n) is 3.16. The average molecular weight is 205 g/mol. The predicted octanol–water partition coefficient (Wildman–Crippen LogP) is -1.29. The lowest BCUT2D eigenvalue weighted by atomic mass is 10.1. The first kappa shape index (κ1) is 8.95. The molecule has 1 atom stereocenters. The van der Waals surface area contributed by atoms with Crippen LogP contribution in [0.25, 0.3) is 0 Å². The minimum atomic E-state index is -4.03. The highest BCUT2D eigenvalue weighted by Gasteiger charge is 2.31. The molecule has 0 aromatic rings. The molecule has 1 unspecified atom stereocenters. The number of fused-ring (bicyclic) bond motifs is 1. The molecule has 0 saturated carbocycles. The van der Waals surface area contributed by atoms with E-state index in [2.05, 4.69) is 10.9 Å². The van der Waals surface area contributed by atoms with Gasteiger partial charge in [-0.15, -0.1) is 0 Å². The smallest absolute Gasteiger partial charge is 0.325 e. The summed E-state index contributed by atoms with van der Waals surface area (Å²) in [6, 6.07) is 0. The normalized spacial score (nSPS) is 29.3. The summed E-state index contributed by atoms with van der Waals surface area (Å²) in [6.45, 7) is 1.27. The molecule has 2 aliphatic rings. The number of rotatable bonds is 1. The summed E-state index contributed by atoms with van der Waals surface area (Å²) in [5.74, 6) is 0.135. The van der Waals surface area contributed by atoms with Gasteiger partial charge < -0.3 is 5.43 Å². The van der Waals surface area contributed by atoms with Crippen molar-refractivity contribution in [1.29, 1.82) is 0 Å². The maximum Gasteiger partial charge on any atom is 0.336 e. The Labute approximate surface area is 76.5 Å². The zero-order valence-electron chi connectivity index (χ0n) is 6.90. The van der Waals surface area contributed by atoms with Gasteiger partial charge in [0.2, 0.25) is 0 Å². The topological polar surface area (TPSA) is 81.7 Å². The minimum absolute atomic E-state index is 0.135. The molecule has 0 aliphatic carbocycles. The van der Waals surface area contributed by atoms with Gasteiger partial charge in [-0.2, -0.15) is 12.7 Å². The molecule has 0 aromatic heterocycles.